The Morgan fingerprint density at radius 1 is 1.19 bits per heavy atom. The van der Waals surface area contributed by atoms with Crippen molar-refractivity contribution in [2.75, 3.05) is 19.8 Å². The van der Waals surface area contributed by atoms with Gasteiger partial charge < -0.3 is 9.47 Å². The Morgan fingerprint density at radius 3 is 2.62 bits per heavy atom. The van der Waals surface area contributed by atoms with E-state index in [1.54, 1.807) is 12.1 Å². The second kappa shape index (κ2) is 5.56. The van der Waals surface area contributed by atoms with E-state index in [0.717, 1.165) is 5.56 Å². The fraction of sp³-hybridized carbons (Fsp3) is 0.455. The summed E-state index contributed by atoms with van der Waals surface area (Å²) in [5.41, 5.74) is 0.895. The number of alkyl halides is 1. The Kier molecular flexibility index (Phi) is 4.34. The second-order valence-corrected chi connectivity index (χ2v) is 4.84. The SMILES string of the molecule is Clc1ccc(C(Cl)C2COCCO2)cc1Cl. The predicted molar refractivity (Wildman–Crippen MR) is 65.6 cm³/mol. The minimum Gasteiger partial charge on any atom is -0.376 e. The highest BCUT2D eigenvalue weighted by molar-refractivity contribution is 6.42. The lowest BCUT2D eigenvalue weighted by molar-refractivity contribution is -0.0892. The Balaban J connectivity index is 2.12. The van der Waals surface area contributed by atoms with Crippen LogP contribution < -0.4 is 0 Å². The molecule has 0 radical (unpaired) electrons. The van der Waals surface area contributed by atoms with Crippen LogP contribution in [0.3, 0.4) is 0 Å². The third kappa shape index (κ3) is 2.82. The summed E-state index contributed by atoms with van der Waals surface area (Å²) < 4.78 is 10.8. The molecular weight excluding hydrogens is 270 g/mol. The highest BCUT2D eigenvalue weighted by Gasteiger charge is 2.25. The minimum absolute atomic E-state index is 0.132. The molecule has 0 saturated carbocycles. The van der Waals surface area contributed by atoms with Crippen LogP contribution in [0.4, 0.5) is 0 Å². The maximum absolute atomic E-state index is 6.30. The number of halogens is 3. The maximum atomic E-state index is 6.30. The largest absolute Gasteiger partial charge is 0.376 e. The van der Waals surface area contributed by atoms with Crippen molar-refractivity contribution >= 4 is 34.8 Å². The van der Waals surface area contributed by atoms with Crippen molar-refractivity contribution in [2.24, 2.45) is 0 Å². The van der Waals surface area contributed by atoms with Crippen LogP contribution in [0.1, 0.15) is 10.9 Å². The molecule has 0 aromatic heterocycles. The lowest BCUT2D eigenvalue weighted by Gasteiger charge is -2.27. The lowest BCUT2D eigenvalue weighted by Crippen LogP contribution is -2.31. The third-order valence-corrected chi connectivity index (χ3v) is 3.70. The fourth-order valence-electron chi connectivity index (χ4n) is 1.57. The van der Waals surface area contributed by atoms with E-state index in [9.17, 15) is 0 Å². The maximum Gasteiger partial charge on any atom is 0.101 e. The third-order valence-electron chi connectivity index (χ3n) is 2.43. The Bertz CT molecular complexity index is 364. The van der Waals surface area contributed by atoms with Crippen molar-refractivity contribution in [1.29, 1.82) is 0 Å². The van der Waals surface area contributed by atoms with Gasteiger partial charge in [0.2, 0.25) is 0 Å². The molecule has 2 rings (SSSR count). The first-order valence-electron chi connectivity index (χ1n) is 4.97. The van der Waals surface area contributed by atoms with Gasteiger partial charge in [0, 0.05) is 0 Å². The van der Waals surface area contributed by atoms with Gasteiger partial charge in [-0.2, -0.15) is 0 Å². The summed E-state index contributed by atoms with van der Waals surface area (Å²) in [5, 5.41) is 0.756. The van der Waals surface area contributed by atoms with E-state index in [0.29, 0.717) is 29.9 Å². The molecule has 5 heteroatoms. The van der Waals surface area contributed by atoms with E-state index in [1.807, 2.05) is 6.07 Å². The zero-order chi connectivity index (χ0) is 11.5. The monoisotopic (exact) mass is 280 g/mol. The molecule has 1 aromatic rings. The number of ether oxygens (including phenoxy) is 2. The van der Waals surface area contributed by atoms with Crippen LogP contribution >= 0.6 is 34.8 Å². The van der Waals surface area contributed by atoms with Crippen LogP contribution in [-0.4, -0.2) is 25.9 Å². The number of benzene rings is 1. The molecule has 2 unspecified atom stereocenters. The molecule has 1 aromatic carbocycles. The standard InChI is InChI=1S/C11H11Cl3O2/c12-8-2-1-7(5-9(8)13)11(14)10-6-15-3-4-16-10/h1-2,5,10-11H,3-4,6H2. The normalized spacial score (nSPS) is 23.1. The summed E-state index contributed by atoms with van der Waals surface area (Å²) in [7, 11) is 0. The van der Waals surface area contributed by atoms with Gasteiger partial charge in [-0.1, -0.05) is 29.3 Å². The van der Waals surface area contributed by atoms with Crippen LogP contribution in [0, 0.1) is 0 Å². The Hall–Kier alpha value is 0.01000. The summed E-state index contributed by atoms with van der Waals surface area (Å²) in [6.45, 7) is 1.71. The topological polar surface area (TPSA) is 18.5 Å². The van der Waals surface area contributed by atoms with Crippen LogP contribution in [0.2, 0.25) is 10.0 Å². The summed E-state index contributed by atoms with van der Waals surface area (Å²) in [6.07, 6.45) is -0.132. The molecule has 1 saturated heterocycles. The second-order valence-electron chi connectivity index (χ2n) is 3.56. The van der Waals surface area contributed by atoms with E-state index in [4.69, 9.17) is 44.3 Å². The molecular formula is C11H11Cl3O2. The molecule has 2 nitrogen and oxygen atoms in total. The summed E-state index contributed by atoms with van der Waals surface area (Å²) in [6, 6.07) is 5.35. The van der Waals surface area contributed by atoms with Crippen LogP contribution in [0.15, 0.2) is 18.2 Å². The first-order valence-corrected chi connectivity index (χ1v) is 6.16. The van der Waals surface area contributed by atoms with Crippen molar-refractivity contribution in [3.63, 3.8) is 0 Å². The highest BCUT2D eigenvalue weighted by atomic mass is 35.5. The van der Waals surface area contributed by atoms with Crippen molar-refractivity contribution in [3.05, 3.63) is 33.8 Å². The molecule has 1 aliphatic rings. The van der Waals surface area contributed by atoms with Crippen molar-refractivity contribution in [3.8, 4) is 0 Å². The average molecular weight is 282 g/mol. The molecule has 16 heavy (non-hydrogen) atoms. The van der Waals surface area contributed by atoms with Gasteiger partial charge in [-0.15, -0.1) is 11.6 Å². The molecule has 88 valence electrons. The van der Waals surface area contributed by atoms with Crippen molar-refractivity contribution < 1.29 is 9.47 Å². The van der Waals surface area contributed by atoms with Gasteiger partial charge in [0.15, 0.2) is 0 Å². The highest BCUT2D eigenvalue weighted by Crippen LogP contribution is 2.32. The Morgan fingerprint density at radius 2 is 2.00 bits per heavy atom. The first-order chi connectivity index (χ1) is 7.68. The molecule has 0 amide bonds. The van der Waals surface area contributed by atoms with E-state index in [1.165, 1.54) is 0 Å². The average Bonchev–Trinajstić information content (AvgIpc) is 2.33. The molecule has 1 heterocycles. The van der Waals surface area contributed by atoms with Gasteiger partial charge in [-0.3, -0.25) is 0 Å². The quantitative estimate of drug-likeness (QED) is 0.770. The molecule has 0 N–H and O–H groups in total. The van der Waals surface area contributed by atoms with Crippen LogP contribution in [0.25, 0.3) is 0 Å². The molecule has 0 aliphatic carbocycles. The van der Waals surface area contributed by atoms with Gasteiger partial charge in [-0.05, 0) is 17.7 Å². The lowest BCUT2D eigenvalue weighted by atomic mass is 10.1. The molecule has 2 atom stereocenters. The molecule has 0 bridgehead atoms. The van der Waals surface area contributed by atoms with E-state index >= 15 is 0 Å². The van der Waals surface area contributed by atoms with E-state index < -0.39 is 0 Å². The van der Waals surface area contributed by atoms with Crippen molar-refractivity contribution in [1.82, 2.24) is 0 Å². The summed E-state index contributed by atoms with van der Waals surface area (Å²) in [5.74, 6) is 0. The van der Waals surface area contributed by atoms with Gasteiger partial charge in [-0.25, -0.2) is 0 Å². The molecule has 1 aliphatic heterocycles. The van der Waals surface area contributed by atoms with Gasteiger partial charge >= 0.3 is 0 Å². The molecule has 0 spiro atoms. The predicted octanol–water partition coefficient (Wildman–Crippen LogP) is 3.69. The molecule has 1 fully saturated rings. The van der Waals surface area contributed by atoms with E-state index in [-0.39, 0.29) is 11.5 Å². The minimum atomic E-state index is -0.268. The van der Waals surface area contributed by atoms with Gasteiger partial charge in [0.05, 0.1) is 35.2 Å². The van der Waals surface area contributed by atoms with Gasteiger partial charge in [0.25, 0.3) is 0 Å². The Labute approximate surface area is 109 Å². The van der Waals surface area contributed by atoms with Crippen molar-refractivity contribution in [2.45, 2.75) is 11.5 Å². The van der Waals surface area contributed by atoms with E-state index in [2.05, 4.69) is 0 Å². The fourth-order valence-corrected chi connectivity index (χ4v) is 2.16. The first kappa shape index (κ1) is 12.5. The number of rotatable bonds is 2. The number of hydrogen-bond acceptors (Lipinski definition) is 2. The smallest absolute Gasteiger partial charge is 0.101 e. The summed E-state index contributed by atoms with van der Waals surface area (Å²) >= 11 is 18.1. The van der Waals surface area contributed by atoms with Crippen LogP contribution in [0.5, 0.6) is 0 Å². The zero-order valence-corrected chi connectivity index (χ0v) is 10.7. The van der Waals surface area contributed by atoms with Crippen LogP contribution in [-0.2, 0) is 9.47 Å². The summed E-state index contributed by atoms with van der Waals surface area (Å²) in [4.78, 5) is 0. The zero-order valence-electron chi connectivity index (χ0n) is 8.46. The van der Waals surface area contributed by atoms with Gasteiger partial charge in [0.1, 0.15) is 6.10 Å². The number of hydrogen-bond donors (Lipinski definition) is 0.